The van der Waals surface area contributed by atoms with Gasteiger partial charge in [-0.15, -0.1) is 0 Å². The highest BCUT2D eigenvalue weighted by molar-refractivity contribution is 9.10. The van der Waals surface area contributed by atoms with Crippen LogP contribution in [-0.4, -0.2) is 11.5 Å². The second kappa shape index (κ2) is 7.46. The number of hydrogen-bond donors (Lipinski definition) is 1. The van der Waals surface area contributed by atoms with Crippen LogP contribution < -0.4 is 5.32 Å². The van der Waals surface area contributed by atoms with Crippen molar-refractivity contribution in [3.05, 3.63) is 51.6 Å². The minimum absolute atomic E-state index is 0.298. The second-order valence-electron chi connectivity index (χ2n) is 4.38. The van der Waals surface area contributed by atoms with E-state index in [-0.39, 0.29) is 0 Å². The first-order valence-electron chi connectivity index (χ1n) is 6.42. The number of aromatic nitrogens is 1. The van der Waals surface area contributed by atoms with E-state index in [9.17, 15) is 0 Å². The summed E-state index contributed by atoms with van der Waals surface area (Å²) in [6.45, 7) is 5.23. The monoisotopic (exact) mass is 370 g/mol. The lowest BCUT2D eigenvalue weighted by molar-refractivity contribution is 0.589. The maximum absolute atomic E-state index is 5.87. The molecule has 0 aliphatic rings. The van der Waals surface area contributed by atoms with Crippen LogP contribution in [0.4, 0.5) is 0 Å². The zero-order valence-electron chi connectivity index (χ0n) is 11.4. The van der Waals surface area contributed by atoms with E-state index in [4.69, 9.17) is 11.6 Å². The Morgan fingerprint density at radius 3 is 2.80 bits per heavy atom. The smallest absolute Gasteiger partial charge is 0.101 e. The van der Waals surface area contributed by atoms with Crippen molar-refractivity contribution >= 4 is 39.3 Å². The van der Waals surface area contributed by atoms with Crippen LogP contribution in [0.3, 0.4) is 0 Å². The number of pyridine rings is 1. The second-order valence-corrected chi connectivity index (χ2v) is 6.79. The number of nitrogens with one attached hydrogen (secondary N) is 1. The van der Waals surface area contributed by atoms with Gasteiger partial charge in [0, 0.05) is 21.6 Å². The van der Waals surface area contributed by atoms with Gasteiger partial charge in [0.1, 0.15) is 5.03 Å². The molecule has 0 aliphatic carbocycles. The zero-order chi connectivity index (χ0) is 14.5. The molecule has 5 heteroatoms. The fourth-order valence-corrected chi connectivity index (χ4v) is 3.35. The molecule has 0 spiro atoms. The van der Waals surface area contributed by atoms with Crippen molar-refractivity contribution in [1.82, 2.24) is 10.3 Å². The molecule has 0 amide bonds. The third kappa shape index (κ3) is 4.22. The van der Waals surface area contributed by atoms with Gasteiger partial charge in [-0.25, -0.2) is 4.98 Å². The Balaban J connectivity index is 2.28. The Morgan fingerprint density at radius 1 is 1.35 bits per heavy atom. The van der Waals surface area contributed by atoms with Crippen molar-refractivity contribution in [2.24, 2.45) is 0 Å². The normalized spacial score (nSPS) is 12.4. The van der Waals surface area contributed by atoms with E-state index in [0.29, 0.717) is 11.1 Å². The predicted octanol–water partition coefficient (Wildman–Crippen LogP) is 5.32. The first-order valence-corrected chi connectivity index (χ1v) is 8.41. The summed E-state index contributed by atoms with van der Waals surface area (Å²) in [4.78, 5) is 5.55. The molecule has 2 aromatic rings. The van der Waals surface area contributed by atoms with Gasteiger partial charge in [0.05, 0.1) is 5.02 Å². The Hall–Kier alpha value is -0.550. The first-order chi connectivity index (χ1) is 9.60. The summed E-state index contributed by atoms with van der Waals surface area (Å²) in [6, 6.07) is 10.4. The lowest BCUT2D eigenvalue weighted by Gasteiger charge is -2.17. The summed E-state index contributed by atoms with van der Waals surface area (Å²) in [5.41, 5.74) is 1.27. The minimum Gasteiger partial charge on any atom is -0.310 e. The molecule has 0 aliphatic heterocycles. The van der Waals surface area contributed by atoms with E-state index in [1.807, 2.05) is 12.1 Å². The van der Waals surface area contributed by atoms with Crippen molar-refractivity contribution in [3.63, 3.8) is 0 Å². The third-order valence-electron chi connectivity index (χ3n) is 2.86. The van der Waals surface area contributed by atoms with E-state index in [2.05, 4.69) is 58.3 Å². The largest absolute Gasteiger partial charge is 0.310 e. The maximum Gasteiger partial charge on any atom is 0.101 e. The highest BCUT2D eigenvalue weighted by atomic mass is 79.9. The topological polar surface area (TPSA) is 24.9 Å². The van der Waals surface area contributed by atoms with Gasteiger partial charge in [-0.05, 0) is 49.4 Å². The average Bonchev–Trinajstić information content (AvgIpc) is 2.43. The first kappa shape index (κ1) is 15.8. The van der Waals surface area contributed by atoms with E-state index in [1.165, 1.54) is 10.5 Å². The SMILES string of the molecule is CCNC(C)c1cc(Br)ccc1Sc1ccc(Cl)cn1. The van der Waals surface area contributed by atoms with Crippen LogP contribution >= 0.6 is 39.3 Å². The fourth-order valence-electron chi connectivity index (χ4n) is 1.90. The molecule has 20 heavy (non-hydrogen) atoms. The molecule has 1 aromatic heterocycles. The molecular formula is C15H16BrClN2S. The summed E-state index contributed by atoms with van der Waals surface area (Å²) >= 11 is 11.1. The molecule has 0 saturated carbocycles. The quantitative estimate of drug-likeness (QED) is 0.770. The molecule has 1 atom stereocenters. The molecule has 1 unspecified atom stereocenters. The van der Waals surface area contributed by atoms with Crippen molar-refractivity contribution in [1.29, 1.82) is 0 Å². The summed E-state index contributed by atoms with van der Waals surface area (Å²) in [6.07, 6.45) is 1.68. The van der Waals surface area contributed by atoms with E-state index >= 15 is 0 Å². The number of hydrogen-bond acceptors (Lipinski definition) is 3. The van der Waals surface area contributed by atoms with Gasteiger partial charge in [0.2, 0.25) is 0 Å². The van der Waals surface area contributed by atoms with Crippen LogP contribution in [0.15, 0.2) is 50.9 Å². The zero-order valence-corrected chi connectivity index (χ0v) is 14.5. The van der Waals surface area contributed by atoms with Crippen LogP contribution in [-0.2, 0) is 0 Å². The van der Waals surface area contributed by atoms with Crippen LogP contribution in [0.2, 0.25) is 5.02 Å². The van der Waals surface area contributed by atoms with Crippen molar-refractivity contribution in [2.75, 3.05) is 6.54 Å². The summed E-state index contributed by atoms with van der Waals surface area (Å²) in [5.74, 6) is 0. The summed E-state index contributed by atoms with van der Waals surface area (Å²) < 4.78 is 1.09. The van der Waals surface area contributed by atoms with E-state index in [1.54, 1.807) is 18.0 Å². The van der Waals surface area contributed by atoms with Crippen molar-refractivity contribution in [2.45, 2.75) is 29.8 Å². The van der Waals surface area contributed by atoms with Gasteiger partial charge in [-0.1, -0.05) is 46.2 Å². The van der Waals surface area contributed by atoms with Crippen LogP contribution in [0.5, 0.6) is 0 Å². The number of rotatable bonds is 5. The predicted molar refractivity (Wildman–Crippen MR) is 89.6 cm³/mol. The molecular weight excluding hydrogens is 356 g/mol. The fraction of sp³-hybridized carbons (Fsp3) is 0.267. The Kier molecular flexibility index (Phi) is 5.90. The Bertz CT molecular complexity index is 575. The number of nitrogens with zero attached hydrogens (tertiary/aromatic N) is 1. The Morgan fingerprint density at radius 2 is 2.15 bits per heavy atom. The highest BCUT2D eigenvalue weighted by Gasteiger charge is 2.12. The highest BCUT2D eigenvalue weighted by Crippen LogP contribution is 2.34. The molecule has 1 aromatic carbocycles. The van der Waals surface area contributed by atoms with Gasteiger partial charge < -0.3 is 5.32 Å². The van der Waals surface area contributed by atoms with Gasteiger partial charge in [-0.3, -0.25) is 0 Å². The lowest BCUT2D eigenvalue weighted by Crippen LogP contribution is -2.18. The van der Waals surface area contributed by atoms with Gasteiger partial charge in [-0.2, -0.15) is 0 Å². The molecule has 2 nitrogen and oxygen atoms in total. The average molecular weight is 372 g/mol. The minimum atomic E-state index is 0.298. The van der Waals surface area contributed by atoms with Crippen molar-refractivity contribution in [3.8, 4) is 0 Å². The molecule has 0 radical (unpaired) electrons. The standard InChI is InChI=1S/C15H16BrClN2S/c1-3-18-10(2)13-8-11(16)4-6-14(13)20-15-7-5-12(17)9-19-15/h4-10,18H,3H2,1-2H3. The molecule has 1 heterocycles. The maximum atomic E-state index is 5.87. The van der Waals surface area contributed by atoms with Gasteiger partial charge in [0.25, 0.3) is 0 Å². The van der Waals surface area contributed by atoms with E-state index < -0.39 is 0 Å². The van der Waals surface area contributed by atoms with Crippen molar-refractivity contribution < 1.29 is 0 Å². The molecule has 106 valence electrons. The molecule has 0 fully saturated rings. The van der Waals surface area contributed by atoms with Crippen LogP contribution in [0.25, 0.3) is 0 Å². The number of halogens is 2. The van der Waals surface area contributed by atoms with Gasteiger partial charge in [0.15, 0.2) is 0 Å². The summed E-state index contributed by atoms with van der Waals surface area (Å²) in [5, 5.41) is 5.05. The molecule has 1 N–H and O–H groups in total. The van der Waals surface area contributed by atoms with E-state index in [0.717, 1.165) is 16.0 Å². The Labute approximate surface area is 137 Å². The molecule has 0 bridgehead atoms. The molecule has 0 saturated heterocycles. The summed E-state index contributed by atoms with van der Waals surface area (Å²) in [7, 11) is 0. The van der Waals surface area contributed by atoms with Crippen LogP contribution in [0.1, 0.15) is 25.5 Å². The van der Waals surface area contributed by atoms with Crippen LogP contribution in [0, 0.1) is 0 Å². The number of benzene rings is 1. The molecule has 2 rings (SSSR count). The van der Waals surface area contributed by atoms with Gasteiger partial charge >= 0.3 is 0 Å². The lowest BCUT2D eigenvalue weighted by atomic mass is 10.1. The third-order valence-corrected chi connectivity index (χ3v) is 4.62.